The van der Waals surface area contributed by atoms with E-state index in [0.29, 0.717) is 18.9 Å². The second kappa shape index (κ2) is 7.92. The summed E-state index contributed by atoms with van der Waals surface area (Å²) >= 11 is 1.60. The van der Waals surface area contributed by atoms with E-state index in [0.717, 1.165) is 42.4 Å². The van der Waals surface area contributed by atoms with Gasteiger partial charge < -0.3 is 10.4 Å². The maximum Gasteiger partial charge on any atom is 0.239 e. The summed E-state index contributed by atoms with van der Waals surface area (Å²) in [6.07, 6.45) is 2.30. The Bertz CT molecular complexity index is 660. The highest BCUT2D eigenvalue weighted by atomic mass is 32.1. The molecule has 3 rings (SSSR count). The molecule has 1 saturated heterocycles. The fraction of sp³-hybridized carbons (Fsp3) is 0.529. The molecule has 0 spiro atoms. The highest BCUT2D eigenvalue weighted by Gasteiger charge is 2.19. The Morgan fingerprint density at radius 1 is 1.46 bits per heavy atom. The lowest BCUT2D eigenvalue weighted by Gasteiger charge is -2.29. The Kier molecular flexibility index (Phi) is 5.65. The molecule has 0 atom stereocenters. The normalized spacial score (nSPS) is 16.4. The van der Waals surface area contributed by atoms with Crippen molar-refractivity contribution in [3.8, 4) is 10.6 Å². The van der Waals surface area contributed by atoms with Crippen molar-refractivity contribution in [2.45, 2.75) is 26.3 Å². The van der Waals surface area contributed by atoms with Gasteiger partial charge in [-0.05, 0) is 43.3 Å². The van der Waals surface area contributed by atoms with Crippen LogP contribution in [0.2, 0.25) is 0 Å². The number of hydrogen-bond donors (Lipinski definition) is 2. The molecular weight excluding hydrogens is 324 g/mol. The van der Waals surface area contributed by atoms with Gasteiger partial charge in [0.1, 0.15) is 11.5 Å². The summed E-state index contributed by atoms with van der Waals surface area (Å²) in [7, 11) is 0. The molecule has 0 bridgehead atoms. The number of thiophene rings is 1. The van der Waals surface area contributed by atoms with Crippen molar-refractivity contribution >= 4 is 23.1 Å². The molecule has 0 radical (unpaired) electrons. The average molecular weight is 348 g/mol. The Balaban J connectivity index is 1.65. The Morgan fingerprint density at radius 2 is 2.25 bits per heavy atom. The minimum Gasteiger partial charge on any atom is -0.394 e. The zero-order chi connectivity index (χ0) is 16.9. The molecule has 2 aromatic heterocycles. The molecule has 3 heterocycles. The summed E-state index contributed by atoms with van der Waals surface area (Å²) in [6.45, 7) is 4.97. The van der Waals surface area contributed by atoms with Crippen LogP contribution in [0.15, 0.2) is 23.6 Å². The topological polar surface area (TPSA) is 70.4 Å². The summed E-state index contributed by atoms with van der Waals surface area (Å²) in [4.78, 5) is 15.6. The number of carbonyl (C=O) groups excluding carboxylic acids is 1. The van der Waals surface area contributed by atoms with Crippen LogP contribution in [-0.4, -0.2) is 51.9 Å². The van der Waals surface area contributed by atoms with Gasteiger partial charge in [0.05, 0.1) is 24.6 Å². The highest BCUT2D eigenvalue weighted by molar-refractivity contribution is 7.13. The molecule has 7 heteroatoms. The van der Waals surface area contributed by atoms with E-state index in [9.17, 15) is 9.90 Å². The molecule has 2 N–H and O–H groups in total. The molecule has 2 aromatic rings. The predicted octanol–water partition coefficient (Wildman–Crippen LogP) is 2.27. The van der Waals surface area contributed by atoms with Crippen molar-refractivity contribution < 1.29 is 9.90 Å². The van der Waals surface area contributed by atoms with E-state index < -0.39 is 0 Å². The van der Waals surface area contributed by atoms with Crippen LogP contribution in [-0.2, 0) is 11.3 Å². The van der Waals surface area contributed by atoms with Gasteiger partial charge in [-0.15, -0.1) is 11.3 Å². The number of nitrogens with one attached hydrogen (secondary N) is 1. The largest absolute Gasteiger partial charge is 0.394 e. The molecule has 24 heavy (non-hydrogen) atoms. The number of aliphatic hydroxyl groups excluding tert-OH is 1. The standard InChI is InChI=1S/C17H24N4O2S/c1-13-4-6-20(7-5-13)12-17(23)18-16-11-14(15-3-2-10-24-15)19-21(16)8-9-22/h2-3,10-11,13,22H,4-9,12H2,1H3,(H,18,23). The SMILES string of the molecule is CC1CCN(CC(=O)Nc2cc(-c3cccs3)nn2CCO)CC1. The highest BCUT2D eigenvalue weighted by Crippen LogP contribution is 2.26. The summed E-state index contributed by atoms with van der Waals surface area (Å²) in [5.74, 6) is 1.37. The van der Waals surface area contributed by atoms with Crippen molar-refractivity contribution in [2.75, 3.05) is 31.6 Å². The van der Waals surface area contributed by atoms with Gasteiger partial charge in [0, 0.05) is 6.07 Å². The number of likely N-dealkylation sites (tertiary alicyclic amines) is 1. The van der Waals surface area contributed by atoms with Gasteiger partial charge in [0.2, 0.25) is 5.91 Å². The van der Waals surface area contributed by atoms with Crippen molar-refractivity contribution in [2.24, 2.45) is 5.92 Å². The number of rotatable bonds is 6. The van der Waals surface area contributed by atoms with Crippen LogP contribution in [0.1, 0.15) is 19.8 Å². The first-order chi connectivity index (χ1) is 11.7. The summed E-state index contributed by atoms with van der Waals surface area (Å²) in [5.41, 5.74) is 0.820. The molecule has 0 aromatic carbocycles. The second-order valence-electron chi connectivity index (χ2n) is 6.35. The summed E-state index contributed by atoms with van der Waals surface area (Å²) < 4.78 is 1.66. The summed E-state index contributed by atoms with van der Waals surface area (Å²) in [6, 6.07) is 5.84. The zero-order valence-electron chi connectivity index (χ0n) is 13.9. The zero-order valence-corrected chi connectivity index (χ0v) is 14.8. The van der Waals surface area contributed by atoms with Gasteiger partial charge in [0.25, 0.3) is 0 Å². The monoisotopic (exact) mass is 348 g/mol. The lowest BCUT2D eigenvalue weighted by molar-refractivity contribution is -0.117. The van der Waals surface area contributed by atoms with Crippen LogP contribution in [0.5, 0.6) is 0 Å². The number of nitrogens with zero attached hydrogens (tertiary/aromatic N) is 3. The van der Waals surface area contributed by atoms with E-state index in [1.165, 1.54) is 0 Å². The van der Waals surface area contributed by atoms with Gasteiger partial charge in [-0.25, -0.2) is 4.68 Å². The first kappa shape index (κ1) is 17.1. The first-order valence-electron chi connectivity index (χ1n) is 8.40. The van der Waals surface area contributed by atoms with Crippen molar-refractivity contribution in [1.29, 1.82) is 0 Å². The van der Waals surface area contributed by atoms with Crippen LogP contribution in [0.3, 0.4) is 0 Å². The molecule has 1 fully saturated rings. The molecule has 0 unspecified atom stereocenters. The molecule has 1 amide bonds. The molecule has 130 valence electrons. The molecule has 1 aliphatic heterocycles. The number of anilines is 1. The quantitative estimate of drug-likeness (QED) is 0.840. The molecule has 0 saturated carbocycles. The molecular formula is C17H24N4O2S. The minimum absolute atomic E-state index is 0.0154. The van der Waals surface area contributed by atoms with Crippen molar-refractivity contribution in [3.63, 3.8) is 0 Å². The maximum absolute atomic E-state index is 12.4. The fourth-order valence-electron chi connectivity index (χ4n) is 2.93. The van der Waals surface area contributed by atoms with E-state index in [2.05, 4.69) is 22.2 Å². The van der Waals surface area contributed by atoms with E-state index in [1.807, 2.05) is 23.6 Å². The van der Waals surface area contributed by atoms with Crippen LogP contribution in [0.4, 0.5) is 5.82 Å². The summed E-state index contributed by atoms with van der Waals surface area (Å²) in [5, 5.41) is 18.7. The average Bonchev–Trinajstić information content (AvgIpc) is 3.20. The van der Waals surface area contributed by atoms with Gasteiger partial charge in [-0.3, -0.25) is 9.69 Å². The number of carbonyl (C=O) groups is 1. The Morgan fingerprint density at radius 3 is 2.92 bits per heavy atom. The van der Waals surface area contributed by atoms with Crippen LogP contribution >= 0.6 is 11.3 Å². The van der Waals surface area contributed by atoms with Gasteiger partial charge in [0.15, 0.2) is 0 Å². The van der Waals surface area contributed by atoms with Crippen molar-refractivity contribution in [1.82, 2.24) is 14.7 Å². The van der Waals surface area contributed by atoms with Gasteiger partial charge in [-0.2, -0.15) is 5.10 Å². The van der Waals surface area contributed by atoms with Crippen LogP contribution < -0.4 is 5.32 Å². The van der Waals surface area contributed by atoms with E-state index >= 15 is 0 Å². The Hall–Kier alpha value is -1.70. The number of hydrogen-bond acceptors (Lipinski definition) is 5. The number of amides is 1. The Labute approximate surface area is 146 Å². The van der Waals surface area contributed by atoms with Crippen molar-refractivity contribution in [3.05, 3.63) is 23.6 Å². The maximum atomic E-state index is 12.4. The molecule has 6 nitrogen and oxygen atoms in total. The van der Waals surface area contributed by atoms with E-state index in [4.69, 9.17) is 0 Å². The number of aliphatic hydroxyl groups is 1. The first-order valence-corrected chi connectivity index (χ1v) is 9.28. The lowest BCUT2D eigenvalue weighted by atomic mass is 9.99. The van der Waals surface area contributed by atoms with E-state index in [-0.39, 0.29) is 12.5 Å². The van der Waals surface area contributed by atoms with E-state index in [1.54, 1.807) is 16.0 Å². The second-order valence-corrected chi connectivity index (χ2v) is 7.29. The third kappa shape index (κ3) is 4.23. The smallest absolute Gasteiger partial charge is 0.239 e. The number of aromatic nitrogens is 2. The van der Waals surface area contributed by atoms with Gasteiger partial charge >= 0.3 is 0 Å². The molecule has 1 aliphatic rings. The predicted molar refractivity (Wildman–Crippen MR) is 96.1 cm³/mol. The lowest BCUT2D eigenvalue weighted by Crippen LogP contribution is -2.39. The number of piperidine rings is 1. The minimum atomic E-state index is -0.0265. The molecule has 0 aliphatic carbocycles. The third-order valence-electron chi connectivity index (χ3n) is 4.38. The van der Waals surface area contributed by atoms with Crippen LogP contribution in [0.25, 0.3) is 10.6 Å². The third-order valence-corrected chi connectivity index (χ3v) is 5.27. The van der Waals surface area contributed by atoms with Gasteiger partial charge in [-0.1, -0.05) is 13.0 Å². The van der Waals surface area contributed by atoms with Crippen LogP contribution in [0, 0.1) is 5.92 Å². The fourth-order valence-corrected chi connectivity index (χ4v) is 3.61.